The Hall–Kier alpha value is -1.46. The van der Waals surface area contributed by atoms with E-state index in [1.807, 2.05) is 6.92 Å². The van der Waals surface area contributed by atoms with E-state index in [4.69, 9.17) is 10.2 Å². The number of aryl methyl sites for hydroxylation is 1. The second-order valence-electron chi connectivity index (χ2n) is 3.11. The lowest BCUT2D eigenvalue weighted by atomic mass is 10.3. The van der Waals surface area contributed by atoms with Crippen LogP contribution in [0.15, 0.2) is 12.4 Å². The Morgan fingerprint density at radius 2 is 2.21 bits per heavy atom. The van der Waals surface area contributed by atoms with E-state index in [9.17, 15) is 0 Å². The SMILES string of the molecule is Cc1cnc2c(n1)c(CO)cn2CO. The van der Waals surface area contributed by atoms with Crippen molar-refractivity contribution in [2.75, 3.05) is 0 Å². The summed E-state index contributed by atoms with van der Waals surface area (Å²) in [7, 11) is 0. The predicted molar refractivity (Wildman–Crippen MR) is 50.4 cm³/mol. The molecule has 2 aromatic heterocycles. The first-order valence-electron chi connectivity index (χ1n) is 4.29. The normalized spacial score (nSPS) is 11.1. The van der Waals surface area contributed by atoms with Gasteiger partial charge in [0.25, 0.3) is 0 Å². The molecule has 0 unspecified atom stereocenters. The molecular formula is C9H11N3O2. The van der Waals surface area contributed by atoms with E-state index in [2.05, 4.69) is 9.97 Å². The molecule has 0 aromatic carbocycles. The Kier molecular flexibility index (Phi) is 2.18. The molecule has 0 aliphatic heterocycles. The van der Waals surface area contributed by atoms with E-state index in [0.717, 1.165) is 5.69 Å². The monoisotopic (exact) mass is 193 g/mol. The van der Waals surface area contributed by atoms with E-state index < -0.39 is 0 Å². The average molecular weight is 193 g/mol. The van der Waals surface area contributed by atoms with Crippen LogP contribution >= 0.6 is 0 Å². The highest BCUT2D eigenvalue weighted by Gasteiger charge is 2.09. The zero-order chi connectivity index (χ0) is 10.1. The molecule has 2 rings (SSSR count). The van der Waals surface area contributed by atoms with Crippen LogP contribution in [0.25, 0.3) is 11.2 Å². The van der Waals surface area contributed by atoms with Crippen molar-refractivity contribution >= 4 is 11.2 Å². The van der Waals surface area contributed by atoms with Gasteiger partial charge in [-0.25, -0.2) is 9.97 Å². The number of nitrogens with zero attached hydrogens (tertiary/aromatic N) is 3. The molecule has 14 heavy (non-hydrogen) atoms. The molecule has 0 radical (unpaired) electrons. The Labute approximate surface area is 80.7 Å². The lowest BCUT2D eigenvalue weighted by Gasteiger charge is -1.97. The lowest BCUT2D eigenvalue weighted by molar-refractivity contribution is 0.214. The molecule has 0 aliphatic carbocycles. The molecule has 0 saturated carbocycles. The molecule has 0 spiro atoms. The minimum absolute atomic E-state index is 0.0956. The van der Waals surface area contributed by atoms with E-state index in [1.165, 1.54) is 0 Å². The van der Waals surface area contributed by atoms with Crippen molar-refractivity contribution in [3.63, 3.8) is 0 Å². The van der Waals surface area contributed by atoms with E-state index >= 15 is 0 Å². The van der Waals surface area contributed by atoms with Gasteiger partial charge in [0.05, 0.1) is 18.5 Å². The van der Waals surface area contributed by atoms with Gasteiger partial charge < -0.3 is 14.8 Å². The molecule has 74 valence electrons. The van der Waals surface area contributed by atoms with Crippen LogP contribution in [-0.4, -0.2) is 24.7 Å². The number of hydrogen-bond donors (Lipinski definition) is 2. The molecular weight excluding hydrogens is 182 g/mol. The van der Waals surface area contributed by atoms with Crippen molar-refractivity contribution in [3.05, 3.63) is 23.7 Å². The van der Waals surface area contributed by atoms with Crippen LogP contribution in [0.2, 0.25) is 0 Å². The maximum absolute atomic E-state index is 9.07. The van der Waals surface area contributed by atoms with Crippen LogP contribution in [0.1, 0.15) is 11.3 Å². The van der Waals surface area contributed by atoms with Crippen LogP contribution < -0.4 is 0 Å². The van der Waals surface area contributed by atoms with Gasteiger partial charge in [0.1, 0.15) is 12.2 Å². The summed E-state index contributed by atoms with van der Waals surface area (Å²) in [5.74, 6) is 0. The maximum Gasteiger partial charge on any atom is 0.160 e. The van der Waals surface area contributed by atoms with Gasteiger partial charge in [-0.05, 0) is 6.92 Å². The minimum Gasteiger partial charge on any atom is -0.392 e. The molecule has 5 nitrogen and oxygen atoms in total. The first-order valence-corrected chi connectivity index (χ1v) is 4.29. The molecule has 2 N–H and O–H groups in total. The second kappa shape index (κ2) is 3.36. The summed E-state index contributed by atoms with van der Waals surface area (Å²) in [6.45, 7) is 1.58. The lowest BCUT2D eigenvalue weighted by Crippen LogP contribution is -1.96. The maximum atomic E-state index is 9.07. The third-order valence-electron chi connectivity index (χ3n) is 2.08. The van der Waals surface area contributed by atoms with Gasteiger partial charge in [-0.3, -0.25) is 0 Å². The Bertz CT molecular complexity index is 464. The fourth-order valence-corrected chi connectivity index (χ4v) is 1.43. The van der Waals surface area contributed by atoms with Gasteiger partial charge in [-0.1, -0.05) is 0 Å². The number of rotatable bonds is 2. The summed E-state index contributed by atoms with van der Waals surface area (Å²) in [6.07, 6.45) is 3.29. The highest BCUT2D eigenvalue weighted by atomic mass is 16.3. The van der Waals surface area contributed by atoms with Crippen molar-refractivity contribution in [2.24, 2.45) is 0 Å². The largest absolute Gasteiger partial charge is 0.392 e. The minimum atomic E-state index is -0.158. The molecule has 0 bridgehead atoms. The standard InChI is InChI=1S/C9H11N3O2/c1-6-2-10-9-8(11-6)7(4-13)3-12(9)5-14/h2-3,13-14H,4-5H2,1H3. The fraction of sp³-hybridized carbons (Fsp3) is 0.333. The summed E-state index contributed by atoms with van der Waals surface area (Å²) in [4.78, 5) is 8.41. The fourth-order valence-electron chi connectivity index (χ4n) is 1.43. The predicted octanol–water partition coefficient (Wildman–Crippen LogP) is 0.182. The van der Waals surface area contributed by atoms with Crippen molar-refractivity contribution in [1.82, 2.24) is 14.5 Å². The van der Waals surface area contributed by atoms with Crippen molar-refractivity contribution in [2.45, 2.75) is 20.3 Å². The van der Waals surface area contributed by atoms with Crippen LogP contribution in [0.4, 0.5) is 0 Å². The summed E-state index contributed by atoms with van der Waals surface area (Å²) < 4.78 is 1.55. The van der Waals surface area contributed by atoms with Gasteiger partial charge in [0.15, 0.2) is 5.65 Å². The molecule has 2 aromatic rings. The van der Waals surface area contributed by atoms with Crippen LogP contribution in [0.5, 0.6) is 0 Å². The average Bonchev–Trinajstić information content (AvgIpc) is 2.55. The van der Waals surface area contributed by atoms with Crippen molar-refractivity contribution < 1.29 is 10.2 Å². The van der Waals surface area contributed by atoms with Gasteiger partial charge in [-0.15, -0.1) is 0 Å². The van der Waals surface area contributed by atoms with E-state index in [-0.39, 0.29) is 13.3 Å². The summed E-state index contributed by atoms with van der Waals surface area (Å²) in [5, 5.41) is 18.1. The molecule has 0 aliphatic rings. The molecule has 2 heterocycles. The first kappa shape index (κ1) is 9.11. The van der Waals surface area contributed by atoms with Crippen molar-refractivity contribution in [3.8, 4) is 0 Å². The molecule has 5 heteroatoms. The smallest absolute Gasteiger partial charge is 0.160 e. The Morgan fingerprint density at radius 1 is 1.43 bits per heavy atom. The number of hydrogen-bond acceptors (Lipinski definition) is 4. The van der Waals surface area contributed by atoms with Crippen LogP contribution in [0.3, 0.4) is 0 Å². The number of fused-ring (bicyclic) bond motifs is 1. The van der Waals surface area contributed by atoms with E-state index in [0.29, 0.717) is 16.7 Å². The number of aliphatic hydroxyl groups excluding tert-OH is 2. The first-order chi connectivity index (χ1) is 6.76. The third kappa shape index (κ3) is 1.26. The second-order valence-corrected chi connectivity index (χ2v) is 3.11. The topological polar surface area (TPSA) is 71.2 Å². The Morgan fingerprint density at radius 3 is 2.86 bits per heavy atom. The molecule has 0 atom stereocenters. The third-order valence-corrected chi connectivity index (χ3v) is 2.08. The highest BCUT2D eigenvalue weighted by molar-refractivity contribution is 5.75. The number of aliphatic hydroxyl groups is 2. The highest BCUT2D eigenvalue weighted by Crippen LogP contribution is 2.17. The molecule has 0 saturated heterocycles. The van der Waals surface area contributed by atoms with E-state index in [1.54, 1.807) is 17.0 Å². The Balaban J connectivity index is 2.75. The zero-order valence-corrected chi connectivity index (χ0v) is 7.80. The van der Waals surface area contributed by atoms with Crippen LogP contribution in [-0.2, 0) is 13.3 Å². The number of aromatic nitrogens is 3. The molecule has 0 fully saturated rings. The summed E-state index contributed by atoms with van der Waals surface area (Å²) >= 11 is 0. The zero-order valence-electron chi connectivity index (χ0n) is 7.80. The van der Waals surface area contributed by atoms with Gasteiger partial charge in [0.2, 0.25) is 0 Å². The summed E-state index contributed by atoms with van der Waals surface area (Å²) in [5.41, 5.74) is 2.73. The van der Waals surface area contributed by atoms with Gasteiger partial charge in [0, 0.05) is 11.8 Å². The van der Waals surface area contributed by atoms with Gasteiger partial charge >= 0.3 is 0 Å². The quantitative estimate of drug-likeness (QED) is 0.713. The van der Waals surface area contributed by atoms with Gasteiger partial charge in [-0.2, -0.15) is 0 Å². The van der Waals surface area contributed by atoms with Crippen molar-refractivity contribution in [1.29, 1.82) is 0 Å². The summed E-state index contributed by atoms with van der Waals surface area (Å²) in [6, 6.07) is 0. The molecule has 0 amide bonds. The van der Waals surface area contributed by atoms with Crippen LogP contribution in [0, 0.1) is 6.92 Å².